The van der Waals surface area contributed by atoms with Crippen LogP contribution in [0.2, 0.25) is 0 Å². The highest BCUT2D eigenvalue weighted by Gasteiger charge is 2.58. The summed E-state index contributed by atoms with van der Waals surface area (Å²) in [5, 5.41) is 3.40. The summed E-state index contributed by atoms with van der Waals surface area (Å²) < 4.78 is 0. The van der Waals surface area contributed by atoms with E-state index in [1.165, 1.54) is 37.7 Å². The van der Waals surface area contributed by atoms with Crippen molar-refractivity contribution < 1.29 is 4.79 Å². The fourth-order valence-electron chi connectivity index (χ4n) is 6.93. The predicted octanol–water partition coefficient (Wildman–Crippen LogP) is 3.98. The van der Waals surface area contributed by atoms with E-state index in [0.29, 0.717) is 17.4 Å². The number of hydrogen-bond acceptors (Lipinski definition) is 2. The first-order valence-corrected chi connectivity index (χ1v) is 10.7. The van der Waals surface area contributed by atoms with E-state index in [9.17, 15) is 4.79 Å². The summed E-state index contributed by atoms with van der Waals surface area (Å²) in [6.07, 6.45) is 9.99. The Morgan fingerprint density at radius 1 is 1.04 bits per heavy atom. The lowest BCUT2D eigenvalue weighted by atomic mass is 9.73. The van der Waals surface area contributed by atoms with Crippen molar-refractivity contribution in [2.24, 2.45) is 23.2 Å². The number of carbonyl (C=O) groups excluding carboxylic acids is 1. The van der Waals surface area contributed by atoms with Gasteiger partial charge in [-0.3, -0.25) is 9.69 Å². The van der Waals surface area contributed by atoms with Crippen LogP contribution in [-0.4, -0.2) is 29.9 Å². The van der Waals surface area contributed by atoms with Gasteiger partial charge in [-0.15, -0.1) is 0 Å². The number of nitrogens with zero attached hydrogens (tertiary/aromatic N) is 1. The van der Waals surface area contributed by atoms with Crippen LogP contribution in [0.1, 0.15) is 56.9 Å². The molecule has 0 radical (unpaired) electrons. The molecule has 26 heavy (non-hydrogen) atoms. The highest BCUT2D eigenvalue weighted by atomic mass is 16.1. The Labute approximate surface area is 157 Å². The summed E-state index contributed by atoms with van der Waals surface area (Å²) >= 11 is 0. The number of carbonyl (C=O) groups is 1. The summed E-state index contributed by atoms with van der Waals surface area (Å²) in [6, 6.07) is 11.1. The lowest BCUT2D eigenvalue weighted by molar-refractivity contribution is -0.125. The molecule has 0 spiro atoms. The number of rotatable bonds is 5. The number of hydrogen-bond donors (Lipinski definition) is 1. The van der Waals surface area contributed by atoms with E-state index in [2.05, 4.69) is 40.5 Å². The molecule has 5 aliphatic rings. The lowest BCUT2D eigenvalue weighted by Gasteiger charge is -2.35. The molecule has 2 unspecified atom stereocenters. The summed E-state index contributed by atoms with van der Waals surface area (Å²) in [7, 11) is 0. The van der Waals surface area contributed by atoms with E-state index in [0.717, 1.165) is 56.7 Å². The molecule has 1 N–H and O–H groups in total. The van der Waals surface area contributed by atoms with Crippen LogP contribution < -0.4 is 5.32 Å². The average molecular weight is 353 g/mol. The van der Waals surface area contributed by atoms with Gasteiger partial charge in [-0.2, -0.15) is 0 Å². The van der Waals surface area contributed by atoms with Gasteiger partial charge in [0.2, 0.25) is 5.91 Å². The molecule has 3 heteroatoms. The van der Waals surface area contributed by atoms with Crippen LogP contribution >= 0.6 is 0 Å². The lowest BCUT2D eigenvalue weighted by Crippen LogP contribution is -2.45. The first-order valence-electron chi connectivity index (χ1n) is 10.7. The molecule has 0 aromatic heterocycles. The molecule has 3 nitrogen and oxygen atoms in total. The van der Waals surface area contributed by atoms with Gasteiger partial charge in [-0.1, -0.05) is 30.3 Å². The quantitative estimate of drug-likeness (QED) is 0.869. The zero-order valence-corrected chi connectivity index (χ0v) is 15.8. The molecular weight excluding hydrogens is 320 g/mol. The number of benzene rings is 1. The van der Waals surface area contributed by atoms with Crippen LogP contribution in [0.15, 0.2) is 30.3 Å². The second-order valence-electron chi connectivity index (χ2n) is 9.69. The minimum absolute atomic E-state index is 0.347. The largest absolute Gasteiger partial charge is 0.353 e. The SMILES string of the molecule is O=C(CC12CC3CC(CC1C3)C2)NC1CCN(Cc2ccccc2)CC1. The molecule has 140 valence electrons. The topological polar surface area (TPSA) is 32.3 Å². The van der Waals surface area contributed by atoms with E-state index in [1.54, 1.807) is 0 Å². The first-order chi connectivity index (χ1) is 12.7. The summed E-state index contributed by atoms with van der Waals surface area (Å²) in [5.41, 5.74) is 1.78. The average Bonchev–Trinajstić information content (AvgIpc) is 3.00. The van der Waals surface area contributed by atoms with Crippen molar-refractivity contribution in [3.05, 3.63) is 35.9 Å². The van der Waals surface area contributed by atoms with Gasteiger partial charge in [0.05, 0.1) is 0 Å². The Balaban J connectivity index is 1.10. The molecule has 1 aromatic rings. The maximum Gasteiger partial charge on any atom is 0.220 e. The monoisotopic (exact) mass is 352 g/mol. The number of piperidine rings is 1. The van der Waals surface area contributed by atoms with Gasteiger partial charge in [-0.05, 0) is 73.7 Å². The van der Waals surface area contributed by atoms with Crippen molar-refractivity contribution >= 4 is 5.91 Å². The Kier molecular flexibility index (Phi) is 4.31. The number of nitrogens with one attached hydrogen (secondary N) is 1. The van der Waals surface area contributed by atoms with Gasteiger partial charge in [0.25, 0.3) is 0 Å². The zero-order chi connectivity index (χ0) is 17.6. The molecule has 1 aliphatic heterocycles. The van der Waals surface area contributed by atoms with Crippen LogP contribution in [0, 0.1) is 23.2 Å². The Bertz CT molecular complexity index is 635. The third-order valence-corrected chi connectivity index (χ3v) is 7.87. The van der Waals surface area contributed by atoms with E-state index in [4.69, 9.17) is 0 Å². The maximum absolute atomic E-state index is 12.8. The number of amides is 1. The standard InChI is InChI=1S/C23H32N2O/c26-22(15-23-13-18-10-19(14-23)12-20(23)11-18)24-21-6-8-25(9-7-21)16-17-4-2-1-3-5-17/h1-5,18-21H,6-16H2,(H,24,26). The molecule has 1 amide bonds. The van der Waals surface area contributed by atoms with Crippen LogP contribution in [0.5, 0.6) is 0 Å². The Morgan fingerprint density at radius 3 is 2.42 bits per heavy atom. The van der Waals surface area contributed by atoms with Crippen LogP contribution in [0.4, 0.5) is 0 Å². The van der Waals surface area contributed by atoms with Gasteiger partial charge >= 0.3 is 0 Å². The Morgan fingerprint density at radius 2 is 1.73 bits per heavy atom. The van der Waals surface area contributed by atoms with Gasteiger partial charge in [0, 0.05) is 32.1 Å². The minimum Gasteiger partial charge on any atom is -0.353 e. The summed E-state index contributed by atoms with van der Waals surface area (Å²) in [5.74, 6) is 3.10. The molecule has 5 fully saturated rings. The molecule has 4 saturated carbocycles. The maximum atomic E-state index is 12.8. The van der Waals surface area contributed by atoms with Crippen LogP contribution in [0.25, 0.3) is 0 Å². The highest BCUT2D eigenvalue weighted by Crippen LogP contribution is 2.66. The van der Waals surface area contributed by atoms with Crippen molar-refractivity contribution in [1.82, 2.24) is 10.2 Å². The van der Waals surface area contributed by atoms with E-state index < -0.39 is 0 Å². The third kappa shape index (κ3) is 3.19. The van der Waals surface area contributed by atoms with Gasteiger partial charge in [0.1, 0.15) is 0 Å². The molecule has 6 rings (SSSR count). The van der Waals surface area contributed by atoms with E-state index >= 15 is 0 Å². The second kappa shape index (κ2) is 6.67. The molecular formula is C23H32N2O. The smallest absolute Gasteiger partial charge is 0.220 e. The van der Waals surface area contributed by atoms with Gasteiger partial charge < -0.3 is 5.32 Å². The van der Waals surface area contributed by atoms with Gasteiger partial charge in [0.15, 0.2) is 0 Å². The van der Waals surface area contributed by atoms with E-state index in [1.807, 2.05) is 0 Å². The van der Waals surface area contributed by atoms with E-state index in [-0.39, 0.29) is 0 Å². The van der Waals surface area contributed by atoms with Crippen molar-refractivity contribution in [2.75, 3.05) is 13.1 Å². The third-order valence-electron chi connectivity index (χ3n) is 7.87. The fraction of sp³-hybridized carbons (Fsp3) is 0.696. The van der Waals surface area contributed by atoms with Gasteiger partial charge in [-0.25, -0.2) is 0 Å². The molecule has 4 aliphatic carbocycles. The second-order valence-corrected chi connectivity index (χ2v) is 9.69. The molecule has 1 heterocycles. The Hall–Kier alpha value is -1.35. The molecule has 4 bridgehead atoms. The number of likely N-dealkylation sites (tertiary alicyclic amines) is 1. The van der Waals surface area contributed by atoms with Crippen molar-refractivity contribution in [3.8, 4) is 0 Å². The zero-order valence-electron chi connectivity index (χ0n) is 15.8. The summed E-state index contributed by atoms with van der Waals surface area (Å²) in [6.45, 7) is 3.23. The predicted molar refractivity (Wildman–Crippen MR) is 103 cm³/mol. The summed E-state index contributed by atoms with van der Waals surface area (Å²) in [4.78, 5) is 15.3. The first kappa shape index (κ1) is 16.8. The normalized spacial score (nSPS) is 36.5. The minimum atomic E-state index is 0.347. The molecule has 1 saturated heterocycles. The van der Waals surface area contributed by atoms with Crippen molar-refractivity contribution in [3.63, 3.8) is 0 Å². The molecule has 1 aromatic carbocycles. The van der Waals surface area contributed by atoms with Crippen LogP contribution in [0.3, 0.4) is 0 Å². The molecule has 2 atom stereocenters. The fourth-order valence-corrected chi connectivity index (χ4v) is 6.93. The highest BCUT2D eigenvalue weighted by molar-refractivity contribution is 5.77. The van der Waals surface area contributed by atoms with Crippen molar-refractivity contribution in [2.45, 2.75) is 64.0 Å². The van der Waals surface area contributed by atoms with Crippen LogP contribution in [-0.2, 0) is 11.3 Å². The van der Waals surface area contributed by atoms with Crippen molar-refractivity contribution in [1.29, 1.82) is 0 Å².